The lowest BCUT2D eigenvalue weighted by atomic mass is 9.94. The molecule has 0 radical (unpaired) electrons. The largest absolute Gasteiger partial charge is 0.289 e. The molecule has 0 unspecified atom stereocenters. The number of carbonyl (C=O) groups excluding carboxylic acids is 1. The van der Waals surface area contributed by atoms with Gasteiger partial charge in [0, 0.05) is 16.7 Å². The van der Waals surface area contributed by atoms with Gasteiger partial charge in [-0.2, -0.15) is 0 Å². The summed E-state index contributed by atoms with van der Waals surface area (Å²) in [6.45, 7) is 2.02. The second-order valence-electron chi connectivity index (χ2n) is 5.86. The summed E-state index contributed by atoms with van der Waals surface area (Å²) in [7, 11) is 0. The molecule has 1 nitrogen and oxygen atoms in total. The summed E-state index contributed by atoms with van der Waals surface area (Å²) in [6, 6.07) is 26.3. The van der Waals surface area contributed by atoms with Crippen LogP contribution < -0.4 is 0 Å². The van der Waals surface area contributed by atoms with E-state index in [9.17, 15) is 4.79 Å². The Kier molecular flexibility index (Phi) is 3.20. The van der Waals surface area contributed by atoms with Crippen LogP contribution in [0.5, 0.6) is 0 Å². The van der Waals surface area contributed by atoms with Gasteiger partial charge in [0.2, 0.25) is 0 Å². The van der Waals surface area contributed by atoms with Crippen LogP contribution in [-0.4, -0.2) is 5.78 Å². The first-order valence-electron chi connectivity index (χ1n) is 7.76. The molecular weight excluding hydrogens is 280 g/mol. The molecule has 3 aromatic rings. The fourth-order valence-corrected chi connectivity index (χ4v) is 3.23. The van der Waals surface area contributed by atoms with Crippen LogP contribution in [0.4, 0.5) is 0 Å². The first-order chi connectivity index (χ1) is 11.3. The third kappa shape index (κ3) is 2.22. The molecule has 1 aliphatic rings. The van der Waals surface area contributed by atoms with Gasteiger partial charge in [-0.05, 0) is 29.7 Å². The van der Waals surface area contributed by atoms with E-state index in [1.165, 1.54) is 0 Å². The van der Waals surface area contributed by atoms with Crippen molar-refractivity contribution in [1.82, 2.24) is 0 Å². The van der Waals surface area contributed by atoms with Crippen LogP contribution in [0.1, 0.15) is 32.6 Å². The molecular formula is C22H16O. The maximum atomic E-state index is 13.1. The SMILES string of the molecule is Cc1ccc2c(c1)C(=O)C(c1ccccc1)=C2c1ccccc1. The lowest BCUT2D eigenvalue weighted by molar-refractivity contribution is 0.105. The number of allylic oxidation sites excluding steroid dienone is 1. The summed E-state index contributed by atoms with van der Waals surface area (Å²) in [5, 5.41) is 0. The van der Waals surface area contributed by atoms with E-state index in [2.05, 4.69) is 24.3 Å². The third-order valence-electron chi connectivity index (χ3n) is 4.29. The molecule has 0 heterocycles. The Balaban J connectivity index is 2.04. The maximum Gasteiger partial charge on any atom is 0.194 e. The van der Waals surface area contributed by atoms with Crippen LogP contribution in [0.25, 0.3) is 11.1 Å². The van der Waals surface area contributed by atoms with Gasteiger partial charge < -0.3 is 0 Å². The molecule has 3 aromatic carbocycles. The van der Waals surface area contributed by atoms with Crippen molar-refractivity contribution >= 4 is 16.9 Å². The van der Waals surface area contributed by atoms with Crippen LogP contribution in [-0.2, 0) is 0 Å². The molecule has 0 saturated heterocycles. The zero-order valence-corrected chi connectivity index (χ0v) is 12.9. The van der Waals surface area contributed by atoms with Gasteiger partial charge in [-0.1, -0.05) is 78.4 Å². The molecule has 0 aromatic heterocycles. The second kappa shape index (κ2) is 5.36. The Morgan fingerprint density at radius 2 is 1.17 bits per heavy atom. The van der Waals surface area contributed by atoms with E-state index in [0.717, 1.165) is 39.0 Å². The van der Waals surface area contributed by atoms with E-state index >= 15 is 0 Å². The third-order valence-corrected chi connectivity index (χ3v) is 4.29. The lowest BCUT2D eigenvalue weighted by Gasteiger charge is -2.08. The summed E-state index contributed by atoms with van der Waals surface area (Å²) in [5.74, 6) is 0.119. The Hall–Kier alpha value is -2.93. The van der Waals surface area contributed by atoms with E-state index in [-0.39, 0.29) is 5.78 Å². The van der Waals surface area contributed by atoms with E-state index in [4.69, 9.17) is 0 Å². The van der Waals surface area contributed by atoms with Crippen molar-refractivity contribution in [2.45, 2.75) is 6.92 Å². The maximum absolute atomic E-state index is 13.1. The lowest BCUT2D eigenvalue weighted by Crippen LogP contribution is -1.98. The molecule has 0 spiro atoms. The number of benzene rings is 3. The molecule has 110 valence electrons. The van der Waals surface area contributed by atoms with Crippen molar-refractivity contribution in [2.75, 3.05) is 0 Å². The number of fused-ring (bicyclic) bond motifs is 1. The summed E-state index contributed by atoms with van der Waals surface area (Å²) in [6.07, 6.45) is 0. The van der Waals surface area contributed by atoms with Crippen LogP contribution in [0.3, 0.4) is 0 Å². The van der Waals surface area contributed by atoms with Crippen LogP contribution >= 0.6 is 0 Å². The standard InChI is InChI=1S/C22H16O/c1-15-12-13-18-19(14-15)22(23)21(17-10-6-3-7-11-17)20(18)16-8-4-2-5-9-16/h2-14H,1H3. The molecule has 0 N–H and O–H groups in total. The number of aryl methyl sites for hydroxylation is 1. The molecule has 0 atom stereocenters. The minimum Gasteiger partial charge on any atom is -0.289 e. The van der Waals surface area contributed by atoms with E-state index in [1.807, 2.05) is 61.5 Å². The molecule has 23 heavy (non-hydrogen) atoms. The van der Waals surface area contributed by atoms with Crippen LogP contribution in [0.15, 0.2) is 78.9 Å². The van der Waals surface area contributed by atoms with E-state index in [1.54, 1.807) is 0 Å². The highest BCUT2D eigenvalue weighted by atomic mass is 16.1. The minimum absolute atomic E-state index is 0.119. The topological polar surface area (TPSA) is 17.1 Å². The number of hydrogen-bond donors (Lipinski definition) is 0. The first kappa shape index (κ1) is 13.7. The molecule has 1 heteroatoms. The van der Waals surface area contributed by atoms with Gasteiger partial charge in [-0.3, -0.25) is 4.79 Å². The van der Waals surface area contributed by atoms with Crippen molar-refractivity contribution in [3.8, 4) is 0 Å². The quantitative estimate of drug-likeness (QED) is 0.639. The summed E-state index contributed by atoms with van der Waals surface area (Å²) in [5.41, 5.74) is 6.86. The molecule has 1 aliphatic carbocycles. The summed E-state index contributed by atoms with van der Waals surface area (Å²) >= 11 is 0. The van der Waals surface area contributed by atoms with E-state index in [0.29, 0.717) is 0 Å². The van der Waals surface area contributed by atoms with Gasteiger partial charge >= 0.3 is 0 Å². The van der Waals surface area contributed by atoms with Crippen molar-refractivity contribution in [1.29, 1.82) is 0 Å². The molecule has 4 rings (SSSR count). The van der Waals surface area contributed by atoms with Gasteiger partial charge in [0.05, 0.1) is 0 Å². The molecule has 0 amide bonds. The predicted octanol–water partition coefficient (Wildman–Crippen LogP) is 5.15. The smallest absolute Gasteiger partial charge is 0.194 e. The summed E-state index contributed by atoms with van der Waals surface area (Å²) < 4.78 is 0. The highest BCUT2D eigenvalue weighted by Gasteiger charge is 2.31. The average Bonchev–Trinajstić information content (AvgIpc) is 2.89. The van der Waals surface area contributed by atoms with Crippen molar-refractivity contribution in [3.63, 3.8) is 0 Å². The second-order valence-corrected chi connectivity index (χ2v) is 5.86. The first-order valence-corrected chi connectivity index (χ1v) is 7.76. The zero-order chi connectivity index (χ0) is 15.8. The number of ketones is 1. The number of rotatable bonds is 2. The van der Waals surface area contributed by atoms with Crippen LogP contribution in [0.2, 0.25) is 0 Å². The highest BCUT2D eigenvalue weighted by molar-refractivity contribution is 6.41. The van der Waals surface area contributed by atoms with Crippen molar-refractivity contribution in [2.24, 2.45) is 0 Å². The van der Waals surface area contributed by atoms with Crippen molar-refractivity contribution in [3.05, 3.63) is 107 Å². The Labute approximate surface area is 135 Å². The molecule has 0 bridgehead atoms. The average molecular weight is 296 g/mol. The van der Waals surface area contributed by atoms with E-state index < -0.39 is 0 Å². The molecule has 0 fully saturated rings. The Morgan fingerprint density at radius 1 is 0.609 bits per heavy atom. The number of hydrogen-bond acceptors (Lipinski definition) is 1. The number of carbonyl (C=O) groups is 1. The Morgan fingerprint density at radius 3 is 1.78 bits per heavy atom. The fourth-order valence-electron chi connectivity index (χ4n) is 3.23. The monoisotopic (exact) mass is 296 g/mol. The normalized spacial score (nSPS) is 13.3. The van der Waals surface area contributed by atoms with Crippen LogP contribution in [0, 0.1) is 6.92 Å². The molecule has 0 aliphatic heterocycles. The minimum atomic E-state index is 0.119. The number of Topliss-reactive ketones (excluding diaryl/α,β-unsaturated/α-hetero) is 1. The van der Waals surface area contributed by atoms with Gasteiger partial charge in [0.15, 0.2) is 5.78 Å². The van der Waals surface area contributed by atoms with Gasteiger partial charge in [-0.25, -0.2) is 0 Å². The van der Waals surface area contributed by atoms with Gasteiger partial charge in [0.25, 0.3) is 0 Å². The van der Waals surface area contributed by atoms with Gasteiger partial charge in [-0.15, -0.1) is 0 Å². The fraction of sp³-hybridized carbons (Fsp3) is 0.0455. The zero-order valence-electron chi connectivity index (χ0n) is 12.9. The van der Waals surface area contributed by atoms with Gasteiger partial charge in [0.1, 0.15) is 0 Å². The summed E-state index contributed by atoms with van der Waals surface area (Å²) in [4.78, 5) is 13.1. The molecule has 0 saturated carbocycles. The highest BCUT2D eigenvalue weighted by Crippen LogP contribution is 2.42. The predicted molar refractivity (Wildman–Crippen MR) is 94.3 cm³/mol. The Bertz CT molecular complexity index is 919. The van der Waals surface area contributed by atoms with Crippen molar-refractivity contribution < 1.29 is 4.79 Å².